The van der Waals surface area contributed by atoms with Crippen LogP contribution in [0, 0.1) is 5.92 Å². The Balaban J connectivity index is 2.33. The monoisotopic (exact) mass is 327 g/mol. The highest BCUT2D eigenvalue weighted by Crippen LogP contribution is 2.45. The summed E-state index contributed by atoms with van der Waals surface area (Å²) in [5.74, 6) is 2.51. The van der Waals surface area contributed by atoms with Gasteiger partial charge in [0, 0.05) is 11.6 Å². The minimum absolute atomic E-state index is 0.372. The van der Waals surface area contributed by atoms with Crippen molar-refractivity contribution < 1.29 is 9.47 Å². The molecular formula is C15H22BrNO2. The van der Waals surface area contributed by atoms with E-state index in [1.165, 1.54) is 18.4 Å². The fourth-order valence-electron chi connectivity index (χ4n) is 2.39. The molecule has 1 saturated carbocycles. The van der Waals surface area contributed by atoms with Crippen LogP contribution >= 0.6 is 15.9 Å². The van der Waals surface area contributed by atoms with Gasteiger partial charge in [0.2, 0.25) is 0 Å². The van der Waals surface area contributed by atoms with Crippen LogP contribution < -0.4 is 14.8 Å². The van der Waals surface area contributed by atoms with Crippen molar-refractivity contribution in [1.82, 2.24) is 5.32 Å². The van der Waals surface area contributed by atoms with Gasteiger partial charge in [0.05, 0.1) is 18.7 Å². The summed E-state index contributed by atoms with van der Waals surface area (Å²) < 4.78 is 11.9. The molecule has 1 unspecified atom stereocenters. The summed E-state index contributed by atoms with van der Waals surface area (Å²) in [5, 5.41) is 3.64. The molecule has 0 radical (unpaired) electrons. The van der Waals surface area contributed by atoms with Gasteiger partial charge in [0.1, 0.15) is 11.5 Å². The fraction of sp³-hybridized carbons (Fsp3) is 0.600. The second-order valence-electron chi connectivity index (χ2n) is 5.00. The van der Waals surface area contributed by atoms with Crippen molar-refractivity contribution in [2.75, 3.05) is 20.8 Å². The van der Waals surface area contributed by atoms with Gasteiger partial charge in [0.15, 0.2) is 0 Å². The van der Waals surface area contributed by atoms with Crippen LogP contribution in [0.2, 0.25) is 0 Å². The first kappa shape index (κ1) is 14.7. The van der Waals surface area contributed by atoms with Crippen LogP contribution in [0.1, 0.15) is 37.8 Å². The van der Waals surface area contributed by atoms with Crippen LogP contribution in [0.15, 0.2) is 16.6 Å². The van der Waals surface area contributed by atoms with Crippen LogP contribution in [-0.4, -0.2) is 20.8 Å². The lowest BCUT2D eigenvalue weighted by molar-refractivity contribution is 0.381. The molecule has 1 aromatic carbocycles. The van der Waals surface area contributed by atoms with Gasteiger partial charge in [0.25, 0.3) is 0 Å². The Labute approximate surface area is 123 Å². The smallest absolute Gasteiger partial charge is 0.133 e. The van der Waals surface area contributed by atoms with E-state index < -0.39 is 0 Å². The molecule has 19 heavy (non-hydrogen) atoms. The Hall–Kier alpha value is -0.740. The normalized spacial score (nSPS) is 16.2. The van der Waals surface area contributed by atoms with E-state index in [4.69, 9.17) is 9.47 Å². The molecule has 0 heterocycles. The van der Waals surface area contributed by atoms with Gasteiger partial charge in [-0.05, 0) is 59.8 Å². The first-order chi connectivity index (χ1) is 9.21. The third-order valence-corrected chi connectivity index (χ3v) is 4.17. The number of benzene rings is 1. The summed E-state index contributed by atoms with van der Waals surface area (Å²) >= 11 is 3.51. The largest absolute Gasteiger partial charge is 0.496 e. The molecular weight excluding hydrogens is 306 g/mol. The highest BCUT2D eigenvalue weighted by atomic mass is 79.9. The van der Waals surface area contributed by atoms with Crippen LogP contribution in [-0.2, 0) is 0 Å². The lowest BCUT2D eigenvalue weighted by atomic mass is 10.0. The summed E-state index contributed by atoms with van der Waals surface area (Å²) in [5.41, 5.74) is 1.21. The number of nitrogens with one attached hydrogen (secondary N) is 1. The van der Waals surface area contributed by atoms with Crippen molar-refractivity contribution in [2.24, 2.45) is 5.92 Å². The molecule has 0 aromatic heterocycles. The molecule has 4 heteroatoms. The van der Waals surface area contributed by atoms with E-state index in [-0.39, 0.29) is 0 Å². The van der Waals surface area contributed by atoms with E-state index in [9.17, 15) is 0 Å². The van der Waals surface area contributed by atoms with Gasteiger partial charge < -0.3 is 14.8 Å². The second kappa shape index (κ2) is 6.62. The minimum Gasteiger partial charge on any atom is -0.496 e. The molecule has 1 fully saturated rings. The molecule has 0 amide bonds. The van der Waals surface area contributed by atoms with Gasteiger partial charge in [-0.15, -0.1) is 0 Å². The van der Waals surface area contributed by atoms with Crippen molar-refractivity contribution in [3.8, 4) is 11.5 Å². The van der Waals surface area contributed by atoms with E-state index in [1.54, 1.807) is 14.2 Å². The van der Waals surface area contributed by atoms with Crippen molar-refractivity contribution in [1.29, 1.82) is 0 Å². The summed E-state index contributed by atoms with van der Waals surface area (Å²) in [6.07, 6.45) is 3.73. The summed E-state index contributed by atoms with van der Waals surface area (Å²) in [6.45, 7) is 3.22. The molecule has 1 aliphatic rings. The zero-order chi connectivity index (χ0) is 13.8. The molecule has 106 valence electrons. The SMILES string of the molecule is CCCNC(c1cc(OC)c(Br)cc1OC)C1CC1. The average Bonchev–Trinajstić information content (AvgIpc) is 3.24. The van der Waals surface area contributed by atoms with E-state index in [2.05, 4.69) is 34.2 Å². The van der Waals surface area contributed by atoms with Gasteiger partial charge in [-0.25, -0.2) is 0 Å². The minimum atomic E-state index is 0.372. The first-order valence-corrected chi connectivity index (χ1v) is 7.65. The second-order valence-corrected chi connectivity index (χ2v) is 5.85. The zero-order valence-corrected chi connectivity index (χ0v) is 13.4. The molecule has 0 spiro atoms. The molecule has 1 atom stereocenters. The molecule has 1 aliphatic carbocycles. The van der Waals surface area contributed by atoms with E-state index in [0.29, 0.717) is 6.04 Å². The standard InChI is InChI=1S/C15H22BrNO2/c1-4-7-17-15(10-5-6-10)11-8-14(19-3)12(16)9-13(11)18-2/h8-10,15,17H,4-7H2,1-3H3. The van der Waals surface area contributed by atoms with Crippen molar-refractivity contribution in [3.05, 3.63) is 22.2 Å². The Morgan fingerprint density at radius 2 is 1.95 bits per heavy atom. The number of rotatable bonds is 7. The summed E-state index contributed by atoms with van der Waals surface area (Å²) in [6, 6.07) is 4.46. The molecule has 1 aromatic rings. The quantitative estimate of drug-likeness (QED) is 0.823. The molecule has 1 N–H and O–H groups in total. The van der Waals surface area contributed by atoms with E-state index in [1.807, 2.05) is 6.07 Å². The van der Waals surface area contributed by atoms with Gasteiger partial charge in [-0.2, -0.15) is 0 Å². The van der Waals surface area contributed by atoms with E-state index >= 15 is 0 Å². The third-order valence-electron chi connectivity index (χ3n) is 3.55. The predicted octanol–water partition coefficient (Wildman–Crippen LogP) is 3.92. The van der Waals surface area contributed by atoms with Crippen molar-refractivity contribution in [3.63, 3.8) is 0 Å². The maximum Gasteiger partial charge on any atom is 0.133 e. The fourth-order valence-corrected chi connectivity index (χ4v) is 2.87. The summed E-state index contributed by atoms with van der Waals surface area (Å²) in [7, 11) is 3.42. The third kappa shape index (κ3) is 3.42. The van der Waals surface area contributed by atoms with Crippen molar-refractivity contribution in [2.45, 2.75) is 32.2 Å². The van der Waals surface area contributed by atoms with Crippen LogP contribution in [0.3, 0.4) is 0 Å². The Kier molecular flexibility index (Phi) is 5.11. The molecule has 0 bridgehead atoms. The van der Waals surface area contributed by atoms with Crippen molar-refractivity contribution >= 4 is 15.9 Å². The number of hydrogen-bond donors (Lipinski definition) is 1. The maximum absolute atomic E-state index is 5.54. The predicted molar refractivity (Wildman–Crippen MR) is 81.0 cm³/mol. The molecule has 0 aliphatic heterocycles. The van der Waals surface area contributed by atoms with Crippen LogP contribution in [0.4, 0.5) is 0 Å². The average molecular weight is 328 g/mol. The number of ether oxygens (including phenoxy) is 2. The van der Waals surface area contributed by atoms with E-state index in [0.717, 1.165) is 34.9 Å². The van der Waals surface area contributed by atoms with Crippen LogP contribution in [0.5, 0.6) is 11.5 Å². The van der Waals surface area contributed by atoms with Gasteiger partial charge >= 0.3 is 0 Å². The molecule has 0 saturated heterocycles. The molecule has 2 rings (SSSR count). The Morgan fingerprint density at radius 3 is 2.47 bits per heavy atom. The number of halogens is 1. The number of methoxy groups -OCH3 is 2. The number of hydrogen-bond acceptors (Lipinski definition) is 3. The van der Waals surface area contributed by atoms with Gasteiger partial charge in [-0.1, -0.05) is 6.92 Å². The van der Waals surface area contributed by atoms with Gasteiger partial charge in [-0.3, -0.25) is 0 Å². The zero-order valence-electron chi connectivity index (χ0n) is 11.8. The Bertz CT molecular complexity index is 432. The maximum atomic E-state index is 5.54. The van der Waals surface area contributed by atoms with Crippen LogP contribution in [0.25, 0.3) is 0 Å². The highest BCUT2D eigenvalue weighted by Gasteiger charge is 2.34. The highest BCUT2D eigenvalue weighted by molar-refractivity contribution is 9.10. The molecule has 3 nitrogen and oxygen atoms in total. The Morgan fingerprint density at radius 1 is 1.26 bits per heavy atom. The summed E-state index contributed by atoms with van der Waals surface area (Å²) in [4.78, 5) is 0. The first-order valence-electron chi connectivity index (χ1n) is 6.86. The lowest BCUT2D eigenvalue weighted by Crippen LogP contribution is -2.24. The topological polar surface area (TPSA) is 30.5 Å². The lowest BCUT2D eigenvalue weighted by Gasteiger charge is -2.22.